The second kappa shape index (κ2) is 8.35. The first-order chi connectivity index (χ1) is 13.1. The Balaban J connectivity index is 1.59. The van der Waals surface area contributed by atoms with E-state index in [0.717, 1.165) is 18.4 Å². The number of carbonyl (C=O) groups is 3. The van der Waals surface area contributed by atoms with Gasteiger partial charge in [-0.3, -0.25) is 14.4 Å². The van der Waals surface area contributed by atoms with E-state index in [2.05, 4.69) is 16.0 Å². The van der Waals surface area contributed by atoms with Crippen molar-refractivity contribution in [1.82, 2.24) is 10.6 Å². The van der Waals surface area contributed by atoms with Crippen LogP contribution in [0.3, 0.4) is 0 Å². The number of amides is 3. The highest BCUT2D eigenvalue weighted by Gasteiger charge is 2.25. The number of para-hydroxylation sites is 1. The number of hydrogen-bond donors (Lipinski definition) is 3. The maximum absolute atomic E-state index is 12.3. The Labute approximate surface area is 157 Å². The van der Waals surface area contributed by atoms with Crippen LogP contribution in [-0.2, 0) is 16.1 Å². The second-order valence-corrected chi connectivity index (χ2v) is 6.28. The highest BCUT2D eigenvalue weighted by molar-refractivity contribution is 6.40. The Bertz CT molecular complexity index is 862. The number of ether oxygens (including phenoxy) is 1. The molecule has 1 saturated carbocycles. The van der Waals surface area contributed by atoms with E-state index in [1.807, 2.05) is 6.07 Å². The summed E-state index contributed by atoms with van der Waals surface area (Å²) in [6.45, 7) is 0.188. The highest BCUT2D eigenvalue weighted by Crippen LogP contribution is 2.21. The lowest BCUT2D eigenvalue weighted by molar-refractivity contribution is -0.136. The average Bonchev–Trinajstić information content (AvgIpc) is 3.50. The lowest BCUT2D eigenvalue weighted by Gasteiger charge is -2.11. The quantitative estimate of drug-likeness (QED) is 0.679. The van der Waals surface area contributed by atoms with E-state index >= 15 is 0 Å². The first-order valence-corrected chi connectivity index (χ1v) is 8.69. The molecular weight excluding hydrogens is 346 g/mol. The molecule has 0 spiro atoms. The number of rotatable bonds is 6. The van der Waals surface area contributed by atoms with Crippen LogP contribution in [0.1, 0.15) is 28.8 Å². The van der Waals surface area contributed by atoms with Crippen molar-refractivity contribution in [2.24, 2.45) is 0 Å². The molecule has 7 heteroatoms. The first kappa shape index (κ1) is 18.4. The Morgan fingerprint density at radius 3 is 2.56 bits per heavy atom. The van der Waals surface area contributed by atoms with Crippen molar-refractivity contribution in [3.63, 3.8) is 0 Å². The van der Waals surface area contributed by atoms with Crippen molar-refractivity contribution in [2.45, 2.75) is 25.4 Å². The molecule has 3 rings (SSSR count). The molecule has 1 aliphatic rings. The van der Waals surface area contributed by atoms with E-state index in [-0.39, 0.29) is 18.5 Å². The molecule has 0 atom stereocenters. The van der Waals surface area contributed by atoms with Gasteiger partial charge in [0.25, 0.3) is 5.91 Å². The van der Waals surface area contributed by atoms with Crippen molar-refractivity contribution >= 4 is 23.4 Å². The number of benzene rings is 2. The molecule has 1 fully saturated rings. The fraction of sp³-hybridized carbons (Fsp3) is 0.250. The van der Waals surface area contributed by atoms with Gasteiger partial charge in [-0.1, -0.05) is 24.3 Å². The summed E-state index contributed by atoms with van der Waals surface area (Å²) in [5.74, 6) is -1.20. The molecular formula is C20H21N3O4. The van der Waals surface area contributed by atoms with Crippen molar-refractivity contribution in [3.8, 4) is 5.75 Å². The van der Waals surface area contributed by atoms with E-state index in [1.165, 1.54) is 0 Å². The van der Waals surface area contributed by atoms with Gasteiger partial charge in [-0.25, -0.2) is 0 Å². The van der Waals surface area contributed by atoms with Gasteiger partial charge in [0.05, 0.1) is 18.4 Å². The molecule has 0 unspecified atom stereocenters. The lowest BCUT2D eigenvalue weighted by atomic mass is 10.1. The zero-order valence-corrected chi connectivity index (χ0v) is 15.0. The van der Waals surface area contributed by atoms with Crippen LogP contribution < -0.4 is 20.7 Å². The van der Waals surface area contributed by atoms with Gasteiger partial charge in [0.1, 0.15) is 5.75 Å². The molecule has 0 heterocycles. The molecule has 7 nitrogen and oxygen atoms in total. The monoisotopic (exact) mass is 367 g/mol. The Morgan fingerprint density at radius 2 is 1.81 bits per heavy atom. The largest absolute Gasteiger partial charge is 0.497 e. The molecule has 27 heavy (non-hydrogen) atoms. The summed E-state index contributed by atoms with van der Waals surface area (Å²) in [7, 11) is 1.56. The van der Waals surface area contributed by atoms with Crippen LogP contribution in [0.15, 0.2) is 48.5 Å². The maximum Gasteiger partial charge on any atom is 0.313 e. The zero-order chi connectivity index (χ0) is 19.2. The van der Waals surface area contributed by atoms with E-state index < -0.39 is 11.8 Å². The summed E-state index contributed by atoms with van der Waals surface area (Å²) in [6.07, 6.45) is 1.93. The van der Waals surface area contributed by atoms with E-state index in [1.54, 1.807) is 49.6 Å². The van der Waals surface area contributed by atoms with E-state index in [0.29, 0.717) is 17.0 Å². The number of methoxy groups -OCH3 is 1. The molecule has 0 radical (unpaired) electrons. The fourth-order valence-corrected chi connectivity index (χ4v) is 2.51. The smallest absolute Gasteiger partial charge is 0.313 e. The SMILES string of the molecule is COc1cccc(CNC(=O)C(=O)Nc2ccccc2C(=O)NC2CC2)c1. The van der Waals surface area contributed by atoms with Crippen LogP contribution in [0.4, 0.5) is 5.69 Å². The van der Waals surface area contributed by atoms with Gasteiger partial charge in [-0.05, 0) is 42.7 Å². The molecule has 0 aliphatic heterocycles. The Hall–Kier alpha value is -3.35. The Kier molecular flexibility index (Phi) is 5.71. The van der Waals surface area contributed by atoms with Crippen LogP contribution in [0.5, 0.6) is 5.75 Å². The summed E-state index contributed by atoms with van der Waals surface area (Å²) in [5.41, 5.74) is 1.44. The van der Waals surface area contributed by atoms with Gasteiger partial charge in [0, 0.05) is 12.6 Å². The van der Waals surface area contributed by atoms with Crippen molar-refractivity contribution in [3.05, 3.63) is 59.7 Å². The molecule has 2 aromatic carbocycles. The molecule has 0 saturated heterocycles. The maximum atomic E-state index is 12.3. The van der Waals surface area contributed by atoms with Crippen LogP contribution in [0, 0.1) is 0 Å². The van der Waals surface area contributed by atoms with Crippen LogP contribution in [-0.4, -0.2) is 30.9 Å². The summed E-state index contributed by atoms with van der Waals surface area (Å²) < 4.78 is 5.13. The second-order valence-electron chi connectivity index (χ2n) is 6.28. The summed E-state index contributed by atoms with van der Waals surface area (Å²) in [5, 5.41) is 7.93. The predicted molar refractivity (Wildman–Crippen MR) is 100 cm³/mol. The van der Waals surface area contributed by atoms with E-state index in [4.69, 9.17) is 4.74 Å². The number of anilines is 1. The molecule has 3 N–H and O–H groups in total. The molecule has 3 amide bonds. The molecule has 2 aromatic rings. The number of nitrogens with one attached hydrogen (secondary N) is 3. The molecule has 140 valence electrons. The summed E-state index contributed by atoms with van der Waals surface area (Å²) >= 11 is 0. The predicted octanol–water partition coefficient (Wildman–Crippen LogP) is 1.84. The van der Waals surface area contributed by atoms with Gasteiger partial charge in [0.15, 0.2) is 0 Å². The first-order valence-electron chi connectivity index (χ1n) is 8.69. The standard InChI is InChI=1S/C20H21N3O4/c1-27-15-6-4-5-13(11-15)12-21-19(25)20(26)23-17-8-3-2-7-16(17)18(24)22-14-9-10-14/h2-8,11,14H,9-10,12H2,1H3,(H,21,25)(H,22,24)(H,23,26). The minimum Gasteiger partial charge on any atom is -0.497 e. The number of hydrogen-bond acceptors (Lipinski definition) is 4. The Morgan fingerprint density at radius 1 is 1.04 bits per heavy atom. The van der Waals surface area contributed by atoms with Crippen molar-refractivity contribution in [1.29, 1.82) is 0 Å². The number of carbonyl (C=O) groups excluding carboxylic acids is 3. The van der Waals surface area contributed by atoms with Gasteiger partial charge in [-0.15, -0.1) is 0 Å². The summed E-state index contributed by atoms with van der Waals surface area (Å²) in [6, 6.07) is 14.0. The van der Waals surface area contributed by atoms with Crippen molar-refractivity contribution < 1.29 is 19.1 Å². The normalized spacial score (nSPS) is 12.8. The molecule has 0 aromatic heterocycles. The third-order valence-corrected chi connectivity index (χ3v) is 4.13. The van der Waals surface area contributed by atoms with Gasteiger partial charge in [-0.2, -0.15) is 0 Å². The van der Waals surface area contributed by atoms with Crippen LogP contribution in [0.2, 0.25) is 0 Å². The van der Waals surface area contributed by atoms with Gasteiger partial charge in [0.2, 0.25) is 0 Å². The van der Waals surface area contributed by atoms with Crippen LogP contribution >= 0.6 is 0 Å². The average molecular weight is 367 g/mol. The van der Waals surface area contributed by atoms with Crippen LogP contribution in [0.25, 0.3) is 0 Å². The zero-order valence-electron chi connectivity index (χ0n) is 15.0. The third kappa shape index (κ3) is 5.07. The fourth-order valence-electron chi connectivity index (χ4n) is 2.51. The van der Waals surface area contributed by atoms with Gasteiger partial charge < -0.3 is 20.7 Å². The third-order valence-electron chi connectivity index (χ3n) is 4.13. The van der Waals surface area contributed by atoms with Crippen molar-refractivity contribution in [2.75, 3.05) is 12.4 Å². The highest BCUT2D eigenvalue weighted by atomic mass is 16.5. The minimum absolute atomic E-state index is 0.188. The topological polar surface area (TPSA) is 96.5 Å². The summed E-state index contributed by atoms with van der Waals surface area (Å²) in [4.78, 5) is 36.5. The molecule has 1 aliphatic carbocycles. The van der Waals surface area contributed by atoms with E-state index in [9.17, 15) is 14.4 Å². The van der Waals surface area contributed by atoms with Gasteiger partial charge >= 0.3 is 11.8 Å². The lowest BCUT2D eigenvalue weighted by Crippen LogP contribution is -2.35. The minimum atomic E-state index is -0.829. The molecule has 0 bridgehead atoms.